The zero-order valence-corrected chi connectivity index (χ0v) is 18.6. The SMILES string of the molecule is CC[C@@H](Oc1ccccc1)C(=O)Nc1ccc(S(=O)(=O)Nc2cc(C)ccc2C)cc1. The molecule has 2 N–H and O–H groups in total. The molecule has 0 fully saturated rings. The van der Waals surface area contributed by atoms with Gasteiger partial charge >= 0.3 is 0 Å². The molecular weight excluding hydrogens is 412 g/mol. The summed E-state index contributed by atoms with van der Waals surface area (Å²) >= 11 is 0. The highest BCUT2D eigenvalue weighted by molar-refractivity contribution is 7.92. The van der Waals surface area contributed by atoms with Crippen molar-refractivity contribution < 1.29 is 17.9 Å². The molecule has 0 heterocycles. The number of hydrogen-bond donors (Lipinski definition) is 2. The van der Waals surface area contributed by atoms with E-state index in [-0.39, 0.29) is 10.8 Å². The van der Waals surface area contributed by atoms with E-state index in [9.17, 15) is 13.2 Å². The number of amides is 1. The monoisotopic (exact) mass is 438 g/mol. The molecule has 31 heavy (non-hydrogen) atoms. The van der Waals surface area contributed by atoms with Crippen LogP contribution in [0.15, 0.2) is 77.7 Å². The van der Waals surface area contributed by atoms with Crippen LogP contribution in [0, 0.1) is 13.8 Å². The van der Waals surface area contributed by atoms with E-state index in [2.05, 4.69) is 10.0 Å². The van der Waals surface area contributed by atoms with E-state index >= 15 is 0 Å². The molecule has 7 heteroatoms. The first kappa shape index (κ1) is 22.4. The molecule has 3 aromatic carbocycles. The predicted molar refractivity (Wildman–Crippen MR) is 123 cm³/mol. The number of carbonyl (C=O) groups excluding carboxylic acids is 1. The largest absolute Gasteiger partial charge is 0.481 e. The van der Waals surface area contributed by atoms with Gasteiger partial charge in [0.15, 0.2) is 6.10 Å². The number of ether oxygens (including phenoxy) is 1. The molecule has 0 aliphatic heterocycles. The fraction of sp³-hybridized carbons (Fsp3) is 0.208. The number of anilines is 2. The molecule has 0 saturated carbocycles. The van der Waals surface area contributed by atoms with Crippen molar-refractivity contribution in [1.82, 2.24) is 0 Å². The molecule has 0 aliphatic rings. The van der Waals surface area contributed by atoms with Crippen LogP contribution >= 0.6 is 0 Å². The molecule has 1 atom stereocenters. The molecule has 0 saturated heterocycles. The van der Waals surface area contributed by atoms with E-state index in [0.717, 1.165) is 11.1 Å². The first-order chi connectivity index (χ1) is 14.8. The summed E-state index contributed by atoms with van der Waals surface area (Å²) < 4.78 is 33.8. The maximum atomic E-state index is 12.7. The molecule has 0 aliphatic carbocycles. The number of para-hydroxylation sites is 1. The smallest absolute Gasteiger partial charge is 0.265 e. The molecule has 6 nitrogen and oxygen atoms in total. The molecule has 0 radical (unpaired) electrons. The van der Waals surface area contributed by atoms with E-state index in [1.807, 2.05) is 51.1 Å². The van der Waals surface area contributed by atoms with E-state index in [4.69, 9.17) is 4.74 Å². The number of nitrogens with one attached hydrogen (secondary N) is 2. The summed E-state index contributed by atoms with van der Waals surface area (Å²) in [5.74, 6) is 0.318. The summed E-state index contributed by atoms with van der Waals surface area (Å²) in [4.78, 5) is 12.7. The zero-order chi connectivity index (χ0) is 22.4. The highest BCUT2D eigenvalue weighted by atomic mass is 32.2. The standard InChI is InChI=1S/C24H26N2O4S/c1-4-23(30-20-8-6-5-7-9-20)24(27)25-19-12-14-21(15-13-19)31(28,29)26-22-16-17(2)10-11-18(22)3/h5-16,23,26H,4H2,1-3H3,(H,25,27)/t23-/m1/s1. The van der Waals surface area contributed by atoms with Gasteiger partial charge in [0.25, 0.3) is 15.9 Å². The average Bonchev–Trinajstić information content (AvgIpc) is 2.75. The summed E-state index contributed by atoms with van der Waals surface area (Å²) in [6, 6.07) is 20.8. The van der Waals surface area contributed by atoms with Crippen molar-refractivity contribution in [3.05, 3.63) is 83.9 Å². The van der Waals surface area contributed by atoms with Crippen LogP contribution in [0.1, 0.15) is 24.5 Å². The van der Waals surface area contributed by atoms with Gasteiger partial charge in [-0.1, -0.05) is 37.3 Å². The third kappa shape index (κ3) is 5.86. The lowest BCUT2D eigenvalue weighted by Crippen LogP contribution is -2.32. The minimum Gasteiger partial charge on any atom is -0.481 e. The topological polar surface area (TPSA) is 84.5 Å². The van der Waals surface area contributed by atoms with Gasteiger partial charge in [0.2, 0.25) is 0 Å². The van der Waals surface area contributed by atoms with Crippen LogP contribution in [-0.2, 0) is 14.8 Å². The summed E-state index contributed by atoms with van der Waals surface area (Å²) in [7, 11) is -3.75. The number of rotatable bonds is 8. The van der Waals surface area contributed by atoms with Crippen LogP contribution in [0.5, 0.6) is 5.75 Å². The molecule has 3 rings (SSSR count). The Kier molecular flexibility index (Phi) is 6.97. The van der Waals surface area contributed by atoms with Crippen molar-refractivity contribution in [2.24, 2.45) is 0 Å². The Morgan fingerprint density at radius 3 is 2.29 bits per heavy atom. The van der Waals surface area contributed by atoms with Crippen LogP contribution in [0.3, 0.4) is 0 Å². The second-order valence-electron chi connectivity index (χ2n) is 7.27. The van der Waals surface area contributed by atoms with E-state index in [0.29, 0.717) is 23.5 Å². The molecule has 0 bridgehead atoms. The second kappa shape index (κ2) is 9.66. The lowest BCUT2D eigenvalue weighted by Gasteiger charge is -2.17. The van der Waals surface area contributed by atoms with Crippen molar-refractivity contribution in [2.75, 3.05) is 10.0 Å². The fourth-order valence-corrected chi connectivity index (χ4v) is 4.10. The first-order valence-corrected chi connectivity index (χ1v) is 11.5. The number of carbonyl (C=O) groups is 1. The van der Waals surface area contributed by atoms with Crippen molar-refractivity contribution in [2.45, 2.75) is 38.2 Å². The van der Waals surface area contributed by atoms with Gasteiger partial charge in [-0.2, -0.15) is 0 Å². The Balaban J connectivity index is 1.68. The number of aryl methyl sites for hydroxylation is 2. The van der Waals surface area contributed by atoms with E-state index < -0.39 is 16.1 Å². The molecule has 162 valence electrons. The maximum Gasteiger partial charge on any atom is 0.265 e. The van der Waals surface area contributed by atoms with Crippen molar-refractivity contribution in [1.29, 1.82) is 0 Å². The molecular formula is C24H26N2O4S. The first-order valence-electron chi connectivity index (χ1n) is 10.0. The van der Waals surface area contributed by atoms with Gasteiger partial charge in [-0.15, -0.1) is 0 Å². The second-order valence-corrected chi connectivity index (χ2v) is 8.95. The molecule has 1 amide bonds. The third-order valence-electron chi connectivity index (χ3n) is 4.75. The van der Waals surface area contributed by atoms with Gasteiger partial charge in [0.1, 0.15) is 5.75 Å². The molecule has 0 aromatic heterocycles. The summed E-state index contributed by atoms with van der Waals surface area (Å²) in [5, 5.41) is 2.78. The lowest BCUT2D eigenvalue weighted by atomic mass is 10.1. The number of sulfonamides is 1. The fourth-order valence-electron chi connectivity index (χ4n) is 2.98. The summed E-state index contributed by atoms with van der Waals surface area (Å²) in [5.41, 5.74) is 2.83. The van der Waals surface area contributed by atoms with Crippen LogP contribution in [0.4, 0.5) is 11.4 Å². The van der Waals surface area contributed by atoms with Crippen molar-refractivity contribution in [3.63, 3.8) is 0 Å². The highest BCUT2D eigenvalue weighted by Gasteiger charge is 2.19. The van der Waals surface area contributed by atoms with Crippen molar-refractivity contribution in [3.8, 4) is 5.75 Å². The van der Waals surface area contributed by atoms with Gasteiger partial charge in [0.05, 0.1) is 10.6 Å². The number of hydrogen-bond acceptors (Lipinski definition) is 4. The third-order valence-corrected chi connectivity index (χ3v) is 6.14. The van der Waals surface area contributed by atoms with Gasteiger partial charge in [-0.05, 0) is 73.9 Å². The van der Waals surface area contributed by atoms with Crippen molar-refractivity contribution >= 4 is 27.3 Å². The Bertz CT molecular complexity index is 1140. The number of benzene rings is 3. The highest BCUT2D eigenvalue weighted by Crippen LogP contribution is 2.22. The van der Waals surface area contributed by atoms with Gasteiger partial charge < -0.3 is 10.1 Å². The Morgan fingerprint density at radius 1 is 0.968 bits per heavy atom. The Hall–Kier alpha value is -3.32. The quantitative estimate of drug-likeness (QED) is 0.524. The molecule has 0 spiro atoms. The molecule has 3 aromatic rings. The maximum absolute atomic E-state index is 12.7. The van der Waals surface area contributed by atoms with Crippen LogP contribution in [0.25, 0.3) is 0 Å². The zero-order valence-electron chi connectivity index (χ0n) is 17.8. The van der Waals surface area contributed by atoms with Crippen LogP contribution in [-0.4, -0.2) is 20.4 Å². The average molecular weight is 439 g/mol. The van der Waals surface area contributed by atoms with E-state index in [1.54, 1.807) is 30.3 Å². The summed E-state index contributed by atoms with van der Waals surface area (Å²) in [6.07, 6.45) is -0.163. The van der Waals surface area contributed by atoms with Gasteiger partial charge in [-0.25, -0.2) is 8.42 Å². The molecule has 0 unspecified atom stereocenters. The van der Waals surface area contributed by atoms with Crippen LogP contribution < -0.4 is 14.8 Å². The van der Waals surface area contributed by atoms with Gasteiger partial charge in [0, 0.05) is 5.69 Å². The minimum absolute atomic E-state index is 0.110. The Morgan fingerprint density at radius 2 is 1.65 bits per heavy atom. The predicted octanol–water partition coefficient (Wildman–Crippen LogP) is 4.90. The van der Waals surface area contributed by atoms with Crippen LogP contribution in [0.2, 0.25) is 0 Å². The lowest BCUT2D eigenvalue weighted by molar-refractivity contribution is -0.122. The summed E-state index contributed by atoms with van der Waals surface area (Å²) in [6.45, 7) is 5.61. The minimum atomic E-state index is -3.75. The van der Waals surface area contributed by atoms with E-state index in [1.165, 1.54) is 12.1 Å². The Labute approximate surface area is 183 Å². The normalized spacial score (nSPS) is 12.1. The van der Waals surface area contributed by atoms with Gasteiger partial charge in [-0.3, -0.25) is 9.52 Å².